The largest absolute Gasteiger partial charge is 0.488 e. The van der Waals surface area contributed by atoms with Crippen LogP contribution in [0.2, 0.25) is 0 Å². The number of rotatable bonds is 11. The van der Waals surface area contributed by atoms with Gasteiger partial charge in [-0.1, -0.05) is 132 Å². The lowest BCUT2D eigenvalue weighted by Crippen LogP contribution is -2.29. The molecule has 0 heterocycles. The van der Waals surface area contributed by atoms with Crippen LogP contribution in [0.5, 0.6) is 5.75 Å². The Kier molecular flexibility index (Phi) is 7.96. The van der Waals surface area contributed by atoms with Crippen LogP contribution in [0.4, 0.5) is 0 Å². The zero-order valence-corrected chi connectivity index (χ0v) is 25.4. The lowest BCUT2D eigenvalue weighted by molar-refractivity contribution is 0.0967. The van der Waals surface area contributed by atoms with Crippen molar-refractivity contribution < 1.29 is 4.74 Å². The normalized spacial score (nSPS) is 14.1. The fourth-order valence-corrected chi connectivity index (χ4v) is 6.70. The molecule has 0 atom stereocenters. The van der Waals surface area contributed by atoms with Crippen LogP contribution in [0.15, 0.2) is 97.1 Å². The minimum absolute atomic E-state index is 0.163. The lowest BCUT2D eigenvalue weighted by Gasteiger charge is -2.35. The molecule has 0 bridgehead atoms. The molecule has 0 fully saturated rings. The molecule has 0 N–H and O–H groups in total. The van der Waals surface area contributed by atoms with Crippen LogP contribution in [0.25, 0.3) is 11.1 Å². The Morgan fingerprint density at radius 3 is 1.57 bits per heavy atom. The Labute approximate surface area is 242 Å². The van der Waals surface area contributed by atoms with Crippen LogP contribution >= 0.6 is 0 Å². The van der Waals surface area contributed by atoms with E-state index in [2.05, 4.69) is 139 Å². The molecule has 1 aliphatic rings. The average Bonchev–Trinajstić information content (AvgIpc) is 3.27. The number of benzene rings is 4. The molecule has 208 valence electrons. The first-order chi connectivity index (χ1) is 19.2. The third-order valence-corrected chi connectivity index (χ3v) is 9.02. The summed E-state index contributed by atoms with van der Waals surface area (Å²) < 4.78 is 6.48. The number of hydrogen-bond acceptors (Lipinski definition) is 1. The highest BCUT2D eigenvalue weighted by Gasteiger charge is 2.46. The molecule has 0 spiro atoms. The van der Waals surface area contributed by atoms with Gasteiger partial charge in [0, 0.05) is 0 Å². The smallest absolute Gasteiger partial charge is 0.120 e. The maximum atomic E-state index is 6.48. The third-order valence-electron chi connectivity index (χ3n) is 9.02. The van der Waals surface area contributed by atoms with Gasteiger partial charge in [-0.15, -0.1) is 0 Å². The summed E-state index contributed by atoms with van der Waals surface area (Å²) in [5.74, 6) is 0.938. The van der Waals surface area contributed by atoms with Crippen molar-refractivity contribution in [2.75, 3.05) is 0 Å². The Morgan fingerprint density at radius 2 is 1.05 bits per heavy atom. The first-order valence-electron chi connectivity index (χ1n) is 15.3. The van der Waals surface area contributed by atoms with Crippen molar-refractivity contribution in [3.8, 4) is 16.9 Å². The van der Waals surface area contributed by atoms with E-state index in [9.17, 15) is 0 Å². The van der Waals surface area contributed by atoms with E-state index in [-0.39, 0.29) is 16.4 Å². The highest BCUT2D eigenvalue weighted by Crippen LogP contribution is 2.56. The van der Waals surface area contributed by atoms with Crippen molar-refractivity contribution in [2.24, 2.45) is 0 Å². The highest BCUT2D eigenvalue weighted by atomic mass is 16.5. The maximum Gasteiger partial charge on any atom is 0.120 e. The van der Waals surface area contributed by atoms with Gasteiger partial charge in [-0.05, 0) is 89.6 Å². The van der Waals surface area contributed by atoms with Crippen LogP contribution in [0.3, 0.4) is 0 Å². The number of fused-ring (bicyclic) bond motifs is 3. The predicted octanol–water partition coefficient (Wildman–Crippen LogP) is 10.9. The van der Waals surface area contributed by atoms with E-state index >= 15 is 0 Å². The first kappa shape index (κ1) is 28.2. The fraction of sp³-hybridized carbons (Fsp3) is 0.385. The molecule has 0 radical (unpaired) electrons. The molecule has 0 unspecified atom stereocenters. The van der Waals surface area contributed by atoms with Crippen LogP contribution in [0, 0.1) is 0 Å². The van der Waals surface area contributed by atoms with E-state index in [0.29, 0.717) is 0 Å². The quantitative estimate of drug-likeness (QED) is 0.165. The van der Waals surface area contributed by atoms with Gasteiger partial charge in [0.25, 0.3) is 0 Å². The van der Waals surface area contributed by atoms with E-state index in [0.717, 1.165) is 12.2 Å². The van der Waals surface area contributed by atoms with Gasteiger partial charge >= 0.3 is 0 Å². The first-order valence-corrected chi connectivity index (χ1v) is 15.3. The van der Waals surface area contributed by atoms with Gasteiger partial charge < -0.3 is 4.74 Å². The Balaban J connectivity index is 1.64. The predicted molar refractivity (Wildman–Crippen MR) is 171 cm³/mol. The molecule has 4 aromatic rings. The van der Waals surface area contributed by atoms with Gasteiger partial charge in [0.2, 0.25) is 0 Å². The molecule has 0 saturated carbocycles. The number of ether oxygens (including phenoxy) is 1. The fourth-order valence-electron chi connectivity index (χ4n) is 6.70. The van der Waals surface area contributed by atoms with E-state index in [1.165, 1.54) is 71.0 Å². The van der Waals surface area contributed by atoms with Crippen molar-refractivity contribution in [3.63, 3.8) is 0 Å². The van der Waals surface area contributed by atoms with Crippen LogP contribution in [-0.4, -0.2) is 5.60 Å². The second-order valence-electron chi connectivity index (χ2n) is 12.9. The molecular weight excluding hydrogens is 484 g/mol. The summed E-state index contributed by atoms with van der Waals surface area (Å²) in [6.45, 7) is 13.7. The van der Waals surface area contributed by atoms with E-state index in [1.807, 2.05) is 0 Å². The minimum Gasteiger partial charge on any atom is -0.488 e. The molecule has 0 amide bonds. The Morgan fingerprint density at radius 1 is 0.575 bits per heavy atom. The van der Waals surface area contributed by atoms with Gasteiger partial charge in [-0.2, -0.15) is 0 Å². The maximum absolute atomic E-state index is 6.48. The lowest BCUT2D eigenvalue weighted by atomic mass is 9.67. The van der Waals surface area contributed by atoms with Gasteiger partial charge in [0.1, 0.15) is 11.4 Å². The SMILES string of the molecule is CCCCC(C)(C)Oc1ccc(C2(c3ccc(C(C)(C)CCCC)cc3)c3ccccc3-c3ccccc32)cc1. The number of hydrogen-bond donors (Lipinski definition) is 0. The van der Waals surface area contributed by atoms with E-state index < -0.39 is 0 Å². The molecule has 0 saturated heterocycles. The molecule has 1 heteroatoms. The molecule has 1 nitrogen and oxygen atoms in total. The standard InChI is InChI=1S/C39H46O/c1-7-9-27-37(3,4)29-19-21-30(22-20-29)39(31-23-25-32(26-24-31)40-38(5,6)28-10-8-2)35-17-13-11-15-33(35)34-16-12-14-18-36(34)39/h11-26H,7-10,27-28H2,1-6H3. The molecular formula is C39H46O. The van der Waals surface area contributed by atoms with Gasteiger partial charge in [-0.3, -0.25) is 0 Å². The summed E-state index contributed by atoms with van der Waals surface area (Å²) in [6, 6.07) is 36.4. The summed E-state index contributed by atoms with van der Waals surface area (Å²) in [5.41, 5.74) is 8.97. The molecule has 40 heavy (non-hydrogen) atoms. The average molecular weight is 531 g/mol. The van der Waals surface area contributed by atoms with Crippen LogP contribution < -0.4 is 4.74 Å². The molecule has 0 aromatic heterocycles. The summed E-state index contributed by atoms with van der Waals surface area (Å²) in [6.07, 6.45) is 7.10. The second kappa shape index (κ2) is 11.3. The second-order valence-corrected chi connectivity index (χ2v) is 12.9. The molecule has 1 aliphatic carbocycles. The van der Waals surface area contributed by atoms with E-state index in [1.54, 1.807) is 0 Å². The minimum atomic E-state index is -0.379. The zero-order chi connectivity index (χ0) is 28.4. The van der Waals surface area contributed by atoms with Crippen molar-refractivity contribution >= 4 is 0 Å². The highest BCUT2D eigenvalue weighted by molar-refractivity contribution is 5.86. The summed E-state index contributed by atoms with van der Waals surface area (Å²) in [5, 5.41) is 0. The van der Waals surface area contributed by atoms with Crippen molar-refractivity contribution in [3.05, 3.63) is 125 Å². The molecule has 0 aliphatic heterocycles. The number of unbranched alkanes of at least 4 members (excludes halogenated alkanes) is 2. The van der Waals surface area contributed by atoms with Crippen LogP contribution in [-0.2, 0) is 10.8 Å². The Hall–Kier alpha value is -3.32. The van der Waals surface area contributed by atoms with Gasteiger partial charge in [-0.25, -0.2) is 0 Å². The van der Waals surface area contributed by atoms with Crippen molar-refractivity contribution in [1.82, 2.24) is 0 Å². The zero-order valence-electron chi connectivity index (χ0n) is 25.4. The molecule has 5 rings (SSSR count). The van der Waals surface area contributed by atoms with Gasteiger partial charge in [0.15, 0.2) is 0 Å². The van der Waals surface area contributed by atoms with Crippen molar-refractivity contribution in [2.45, 2.75) is 96.5 Å². The summed E-state index contributed by atoms with van der Waals surface area (Å²) in [4.78, 5) is 0. The third kappa shape index (κ3) is 5.12. The van der Waals surface area contributed by atoms with Crippen molar-refractivity contribution in [1.29, 1.82) is 0 Å². The van der Waals surface area contributed by atoms with E-state index in [4.69, 9.17) is 4.74 Å². The molecule has 4 aromatic carbocycles. The Bertz CT molecular complexity index is 1380. The van der Waals surface area contributed by atoms with Crippen LogP contribution in [0.1, 0.15) is 108 Å². The topological polar surface area (TPSA) is 9.23 Å². The summed E-state index contributed by atoms with van der Waals surface area (Å²) >= 11 is 0. The monoisotopic (exact) mass is 530 g/mol. The van der Waals surface area contributed by atoms with Gasteiger partial charge in [0.05, 0.1) is 5.41 Å². The summed E-state index contributed by atoms with van der Waals surface area (Å²) in [7, 11) is 0.